The molecule has 6 heteroatoms. The van der Waals surface area contributed by atoms with Crippen LogP contribution in [0.4, 0.5) is 11.4 Å². The number of hydrogen-bond donors (Lipinski definition) is 2. The van der Waals surface area contributed by atoms with E-state index in [1.807, 2.05) is 26.0 Å². The molecule has 2 N–H and O–H groups in total. The van der Waals surface area contributed by atoms with Gasteiger partial charge in [-0.25, -0.2) is 0 Å². The second-order valence-electron chi connectivity index (χ2n) is 6.63. The average Bonchev–Trinajstić information content (AvgIpc) is 3.37. The molecule has 0 saturated heterocycles. The molecular formula is C20H21ClN2O3. The van der Waals surface area contributed by atoms with Crippen LogP contribution in [0.25, 0.3) is 0 Å². The number of ether oxygens (including phenoxy) is 1. The normalized spacial score (nSPS) is 18.3. The van der Waals surface area contributed by atoms with Gasteiger partial charge in [0.15, 0.2) is 0 Å². The first-order valence-corrected chi connectivity index (χ1v) is 8.94. The van der Waals surface area contributed by atoms with Gasteiger partial charge in [0.2, 0.25) is 11.8 Å². The number of rotatable bonds is 6. The van der Waals surface area contributed by atoms with E-state index in [1.54, 1.807) is 36.4 Å². The summed E-state index contributed by atoms with van der Waals surface area (Å²) in [5, 5.41) is 6.20. The van der Waals surface area contributed by atoms with Crippen LogP contribution in [0.15, 0.2) is 48.5 Å². The number of carbonyl (C=O) groups is 2. The van der Waals surface area contributed by atoms with Crippen LogP contribution < -0.4 is 15.4 Å². The van der Waals surface area contributed by atoms with E-state index in [4.69, 9.17) is 16.3 Å². The van der Waals surface area contributed by atoms with E-state index in [-0.39, 0.29) is 29.8 Å². The standard InChI is InChI=1S/C20H21ClN2O3/c1-12(2)26-16-8-6-14(7-9-16)22-19(24)17-11-18(17)20(25)23-15-5-3-4-13(21)10-15/h3-10,12,17-18H,11H2,1-2H3,(H,22,24)(H,23,25). The maximum atomic E-state index is 12.3. The van der Waals surface area contributed by atoms with Gasteiger partial charge in [-0.05, 0) is 62.7 Å². The molecule has 1 aliphatic carbocycles. The van der Waals surface area contributed by atoms with Gasteiger partial charge in [-0.15, -0.1) is 0 Å². The van der Waals surface area contributed by atoms with Gasteiger partial charge in [-0.1, -0.05) is 17.7 Å². The summed E-state index contributed by atoms with van der Waals surface area (Å²) in [4.78, 5) is 24.6. The molecule has 26 heavy (non-hydrogen) atoms. The lowest BCUT2D eigenvalue weighted by atomic mass is 10.2. The first kappa shape index (κ1) is 18.3. The van der Waals surface area contributed by atoms with Gasteiger partial charge in [0, 0.05) is 16.4 Å². The second kappa shape index (κ2) is 7.79. The Kier molecular flexibility index (Phi) is 5.47. The van der Waals surface area contributed by atoms with Gasteiger partial charge >= 0.3 is 0 Å². The fourth-order valence-corrected chi connectivity index (χ4v) is 2.89. The number of amides is 2. The zero-order chi connectivity index (χ0) is 18.7. The SMILES string of the molecule is CC(C)Oc1ccc(NC(=O)C2CC2C(=O)Nc2cccc(Cl)c2)cc1. The maximum absolute atomic E-state index is 12.3. The van der Waals surface area contributed by atoms with E-state index < -0.39 is 0 Å². The third-order valence-corrected chi connectivity index (χ3v) is 4.28. The highest BCUT2D eigenvalue weighted by Crippen LogP contribution is 2.40. The third kappa shape index (κ3) is 4.76. The fourth-order valence-electron chi connectivity index (χ4n) is 2.70. The zero-order valence-corrected chi connectivity index (χ0v) is 15.4. The molecule has 0 bridgehead atoms. The number of hydrogen-bond acceptors (Lipinski definition) is 3. The van der Waals surface area contributed by atoms with Crippen LogP contribution in [-0.2, 0) is 9.59 Å². The quantitative estimate of drug-likeness (QED) is 0.792. The van der Waals surface area contributed by atoms with Crippen molar-refractivity contribution in [2.45, 2.75) is 26.4 Å². The molecule has 136 valence electrons. The lowest BCUT2D eigenvalue weighted by molar-refractivity contribution is -0.122. The van der Waals surface area contributed by atoms with E-state index in [2.05, 4.69) is 10.6 Å². The Balaban J connectivity index is 1.51. The molecule has 0 radical (unpaired) electrons. The number of anilines is 2. The molecule has 0 aromatic heterocycles. The minimum atomic E-state index is -0.308. The van der Waals surface area contributed by atoms with Crippen LogP contribution in [-0.4, -0.2) is 17.9 Å². The Morgan fingerprint density at radius 3 is 2.19 bits per heavy atom. The molecule has 5 nitrogen and oxygen atoms in total. The summed E-state index contributed by atoms with van der Waals surface area (Å²) in [5.41, 5.74) is 1.32. The Morgan fingerprint density at radius 1 is 1.00 bits per heavy atom. The number of carbonyl (C=O) groups excluding carboxylic acids is 2. The molecule has 1 saturated carbocycles. The molecule has 1 aliphatic rings. The van der Waals surface area contributed by atoms with Gasteiger partial charge < -0.3 is 15.4 Å². The lowest BCUT2D eigenvalue weighted by Gasteiger charge is -2.10. The number of benzene rings is 2. The summed E-state index contributed by atoms with van der Waals surface area (Å²) < 4.78 is 5.57. The Bertz CT molecular complexity index is 805. The van der Waals surface area contributed by atoms with Crippen LogP contribution in [0.1, 0.15) is 20.3 Å². The fraction of sp³-hybridized carbons (Fsp3) is 0.300. The summed E-state index contributed by atoms with van der Waals surface area (Å²) in [7, 11) is 0. The minimum Gasteiger partial charge on any atom is -0.491 e. The number of halogens is 1. The largest absolute Gasteiger partial charge is 0.491 e. The van der Waals surface area contributed by atoms with Gasteiger partial charge in [0.1, 0.15) is 5.75 Å². The van der Waals surface area contributed by atoms with E-state index in [1.165, 1.54) is 0 Å². The second-order valence-corrected chi connectivity index (χ2v) is 7.06. The topological polar surface area (TPSA) is 67.4 Å². The van der Waals surface area contributed by atoms with Crippen molar-refractivity contribution in [1.82, 2.24) is 0 Å². The predicted octanol–water partition coefficient (Wildman–Crippen LogP) is 4.34. The summed E-state index contributed by atoms with van der Waals surface area (Å²) in [5.74, 6) is -0.164. The van der Waals surface area contributed by atoms with Gasteiger partial charge in [-0.3, -0.25) is 9.59 Å². The van der Waals surface area contributed by atoms with Gasteiger partial charge in [0.05, 0.1) is 17.9 Å². The van der Waals surface area contributed by atoms with Crippen molar-refractivity contribution in [3.05, 3.63) is 53.6 Å². The zero-order valence-electron chi connectivity index (χ0n) is 14.7. The van der Waals surface area contributed by atoms with E-state index in [0.717, 1.165) is 5.75 Å². The molecular weight excluding hydrogens is 352 g/mol. The van der Waals surface area contributed by atoms with Crippen LogP contribution in [0.2, 0.25) is 5.02 Å². The molecule has 2 amide bonds. The van der Waals surface area contributed by atoms with E-state index >= 15 is 0 Å². The molecule has 0 spiro atoms. The first-order chi connectivity index (χ1) is 12.4. The Morgan fingerprint density at radius 2 is 1.62 bits per heavy atom. The van der Waals surface area contributed by atoms with Gasteiger partial charge in [-0.2, -0.15) is 0 Å². The molecule has 1 fully saturated rings. The summed E-state index contributed by atoms with van der Waals surface area (Å²) >= 11 is 5.91. The lowest BCUT2D eigenvalue weighted by Crippen LogP contribution is -2.20. The van der Waals surface area contributed by atoms with Gasteiger partial charge in [0.25, 0.3) is 0 Å². The summed E-state index contributed by atoms with van der Waals surface area (Å²) in [6, 6.07) is 14.2. The Hall–Kier alpha value is -2.53. The monoisotopic (exact) mass is 372 g/mol. The molecule has 2 unspecified atom stereocenters. The minimum absolute atomic E-state index is 0.0978. The van der Waals surface area contributed by atoms with Crippen molar-refractivity contribution in [3.8, 4) is 5.75 Å². The van der Waals surface area contributed by atoms with E-state index in [9.17, 15) is 9.59 Å². The molecule has 0 aliphatic heterocycles. The van der Waals surface area contributed by atoms with Crippen molar-refractivity contribution in [2.75, 3.05) is 10.6 Å². The molecule has 0 heterocycles. The van der Waals surface area contributed by atoms with Crippen LogP contribution in [0.5, 0.6) is 5.75 Å². The highest BCUT2D eigenvalue weighted by Gasteiger charge is 2.48. The smallest absolute Gasteiger partial charge is 0.228 e. The van der Waals surface area contributed by atoms with Crippen molar-refractivity contribution >= 4 is 34.8 Å². The first-order valence-electron chi connectivity index (χ1n) is 8.56. The van der Waals surface area contributed by atoms with Crippen LogP contribution in [0, 0.1) is 11.8 Å². The summed E-state index contributed by atoms with van der Waals surface area (Å²) in [6.07, 6.45) is 0.646. The molecule has 2 atom stereocenters. The van der Waals surface area contributed by atoms with E-state index in [0.29, 0.717) is 22.8 Å². The number of nitrogens with one attached hydrogen (secondary N) is 2. The molecule has 3 rings (SSSR count). The summed E-state index contributed by atoms with van der Waals surface area (Å²) in [6.45, 7) is 3.91. The Labute approximate surface area is 157 Å². The molecule has 2 aromatic carbocycles. The van der Waals surface area contributed by atoms with Crippen molar-refractivity contribution in [1.29, 1.82) is 0 Å². The predicted molar refractivity (Wildman–Crippen MR) is 103 cm³/mol. The molecule has 2 aromatic rings. The van der Waals surface area contributed by atoms with Crippen LogP contribution in [0.3, 0.4) is 0 Å². The highest BCUT2D eigenvalue weighted by molar-refractivity contribution is 6.30. The van der Waals surface area contributed by atoms with Crippen LogP contribution >= 0.6 is 11.6 Å². The van der Waals surface area contributed by atoms with Crippen molar-refractivity contribution in [2.24, 2.45) is 11.8 Å². The third-order valence-electron chi connectivity index (χ3n) is 4.05. The van der Waals surface area contributed by atoms with Crippen molar-refractivity contribution in [3.63, 3.8) is 0 Å². The maximum Gasteiger partial charge on any atom is 0.228 e. The van der Waals surface area contributed by atoms with Crippen molar-refractivity contribution < 1.29 is 14.3 Å². The highest BCUT2D eigenvalue weighted by atomic mass is 35.5. The average molecular weight is 373 g/mol.